The van der Waals surface area contributed by atoms with Crippen molar-refractivity contribution in [3.8, 4) is 0 Å². The molecule has 0 bridgehead atoms. The van der Waals surface area contributed by atoms with Gasteiger partial charge >= 0.3 is 0 Å². The van der Waals surface area contributed by atoms with Crippen LogP contribution >= 0.6 is 0 Å². The molecule has 1 unspecified atom stereocenters. The van der Waals surface area contributed by atoms with E-state index in [1.807, 2.05) is 6.92 Å². The van der Waals surface area contributed by atoms with Crippen LogP contribution in [0.15, 0.2) is 0 Å². The van der Waals surface area contributed by atoms with E-state index in [4.69, 9.17) is 5.73 Å². The molecule has 0 radical (unpaired) electrons. The van der Waals surface area contributed by atoms with E-state index in [-0.39, 0.29) is 18.3 Å². The third-order valence-electron chi connectivity index (χ3n) is 2.86. The Hall–Kier alpha value is -0.130. The Balaban J connectivity index is 2.42. The summed E-state index contributed by atoms with van der Waals surface area (Å²) in [7, 11) is -3.14. The van der Waals surface area contributed by atoms with Gasteiger partial charge in [0.1, 0.15) is 0 Å². The Labute approximate surface area is 86.3 Å². The van der Waals surface area contributed by atoms with Crippen LogP contribution < -0.4 is 10.5 Å². The molecule has 0 saturated heterocycles. The number of hydrogen-bond donors (Lipinski definition) is 2. The first-order valence-corrected chi connectivity index (χ1v) is 6.90. The van der Waals surface area contributed by atoms with Crippen molar-refractivity contribution < 1.29 is 8.42 Å². The van der Waals surface area contributed by atoms with Crippen LogP contribution in [-0.4, -0.2) is 26.8 Å². The fraction of sp³-hybridized carbons (Fsp3) is 1.00. The van der Waals surface area contributed by atoms with E-state index < -0.39 is 10.0 Å². The largest absolute Gasteiger partial charge is 0.329 e. The van der Waals surface area contributed by atoms with Gasteiger partial charge in [-0.2, -0.15) is 0 Å². The molecule has 0 aromatic carbocycles. The molecule has 0 aromatic heterocycles. The van der Waals surface area contributed by atoms with Gasteiger partial charge in [-0.15, -0.1) is 0 Å². The van der Waals surface area contributed by atoms with Crippen LogP contribution in [-0.2, 0) is 10.0 Å². The molecule has 3 N–H and O–H groups in total. The van der Waals surface area contributed by atoms with Gasteiger partial charge in [0, 0.05) is 12.6 Å². The minimum Gasteiger partial charge on any atom is -0.329 e. The van der Waals surface area contributed by atoms with Crippen LogP contribution in [0.5, 0.6) is 0 Å². The van der Waals surface area contributed by atoms with Crippen molar-refractivity contribution in [3.63, 3.8) is 0 Å². The second-order valence-corrected chi connectivity index (χ2v) is 5.93. The number of hydrogen-bond acceptors (Lipinski definition) is 3. The Morgan fingerprint density at radius 1 is 1.43 bits per heavy atom. The van der Waals surface area contributed by atoms with E-state index in [0.717, 1.165) is 12.8 Å². The van der Waals surface area contributed by atoms with Gasteiger partial charge in [0.15, 0.2) is 0 Å². The Morgan fingerprint density at radius 3 is 2.50 bits per heavy atom. The van der Waals surface area contributed by atoms with Crippen LogP contribution in [0.2, 0.25) is 0 Å². The maximum absolute atomic E-state index is 11.4. The normalized spacial score (nSPS) is 21.3. The molecule has 1 fully saturated rings. The summed E-state index contributed by atoms with van der Waals surface area (Å²) < 4.78 is 25.5. The summed E-state index contributed by atoms with van der Waals surface area (Å²) >= 11 is 0. The summed E-state index contributed by atoms with van der Waals surface area (Å²) in [6, 6.07) is 0.0639. The first kappa shape index (κ1) is 11.9. The molecule has 4 nitrogen and oxygen atoms in total. The fourth-order valence-electron chi connectivity index (χ4n) is 2.05. The zero-order chi connectivity index (χ0) is 10.6. The van der Waals surface area contributed by atoms with Crippen LogP contribution in [0.3, 0.4) is 0 Å². The van der Waals surface area contributed by atoms with Gasteiger partial charge < -0.3 is 5.73 Å². The minimum absolute atomic E-state index is 0.0318. The summed E-state index contributed by atoms with van der Waals surface area (Å²) in [6.45, 7) is 2.14. The smallest absolute Gasteiger partial charge is 0.213 e. The SMILES string of the molecule is CC(NS(=O)(=O)CCN)C1CCCC1. The molecule has 1 atom stereocenters. The summed E-state index contributed by atoms with van der Waals surface area (Å²) in [6.07, 6.45) is 4.75. The lowest BCUT2D eigenvalue weighted by molar-refractivity contribution is 0.424. The molecule has 0 heterocycles. The molecule has 84 valence electrons. The number of nitrogens with one attached hydrogen (secondary N) is 1. The molecule has 0 amide bonds. The molecular formula is C9H20N2O2S. The first-order valence-electron chi connectivity index (χ1n) is 5.25. The highest BCUT2D eigenvalue weighted by Gasteiger charge is 2.24. The fourth-order valence-corrected chi connectivity index (χ4v) is 3.24. The van der Waals surface area contributed by atoms with E-state index in [0.29, 0.717) is 5.92 Å². The van der Waals surface area contributed by atoms with Gasteiger partial charge in [0.05, 0.1) is 5.75 Å². The van der Waals surface area contributed by atoms with Crippen LogP contribution in [0.1, 0.15) is 32.6 Å². The maximum Gasteiger partial charge on any atom is 0.213 e. The van der Waals surface area contributed by atoms with Gasteiger partial charge in [-0.25, -0.2) is 13.1 Å². The second-order valence-electron chi connectivity index (χ2n) is 4.06. The predicted molar refractivity (Wildman–Crippen MR) is 57.4 cm³/mol. The molecule has 1 rings (SSSR count). The van der Waals surface area contributed by atoms with Crippen molar-refractivity contribution in [1.29, 1.82) is 0 Å². The monoisotopic (exact) mass is 220 g/mol. The minimum atomic E-state index is -3.14. The third kappa shape index (κ3) is 3.55. The molecule has 14 heavy (non-hydrogen) atoms. The zero-order valence-corrected chi connectivity index (χ0v) is 9.52. The molecule has 1 aliphatic carbocycles. The highest BCUT2D eigenvalue weighted by Crippen LogP contribution is 2.27. The first-order chi connectivity index (χ1) is 6.55. The van der Waals surface area contributed by atoms with E-state index in [1.165, 1.54) is 12.8 Å². The van der Waals surface area contributed by atoms with Gasteiger partial charge in [-0.05, 0) is 25.7 Å². The lowest BCUT2D eigenvalue weighted by Gasteiger charge is -2.19. The third-order valence-corrected chi connectivity index (χ3v) is 4.36. The van der Waals surface area contributed by atoms with Crippen molar-refractivity contribution in [2.45, 2.75) is 38.6 Å². The van der Waals surface area contributed by atoms with E-state index >= 15 is 0 Å². The van der Waals surface area contributed by atoms with Crippen molar-refractivity contribution >= 4 is 10.0 Å². The van der Waals surface area contributed by atoms with Crippen LogP contribution in [0.25, 0.3) is 0 Å². The quantitative estimate of drug-likeness (QED) is 0.706. The molecule has 5 heteroatoms. The van der Waals surface area contributed by atoms with Gasteiger partial charge in [0.2, 0.25) is 10.0 Å². The predicted octanol–water partition coefficient (Wildman–Crippen LogP) is 0.443. The average molecular weight is 220 g/mol. The summed E-state index contributed by atoms with van der Waals surface area (Å²) in [5.41, 5.74) is 5.22. The van der Waals surface area contributed by atoms with E-state index in [2.05, 4.69) is 4.72 Å². The molecular weight excluding hydrogens is 200 g/mol. The summed E-state index contributed by atoms with van der Waals surface area (Å²) in [5, 5.41) is 0. The molecule has 0 spiro atoms. The standard InChI is InChI=1S/C9H20N2O2S/c1-8(9-4-2-3-5-9)11-14(12,13)7-6-10/h8-9,11H,2-7,10H2,1H3. The summed E-state index contributed by atoms with van der Waals surface area (Å²) in [5.74, 6) is 0.548. The van der Waals surface area contributed by atoms with Crippen LogP contribution in [0.4, 0.5) is 0 Å². The number of rotatable bonds is 5. The van der Waals surface area contributed by atoms with E-state index in [9.17, 15) is 8.42 Å². The van der Waals surface area contributed by atoms with Crippen molar-refractivity contribution in [2.24, 2.45) is 11.7 Å². The second kappa shape index (κ2) is 5.09. The number of nitrogens with two attached hydrogens (primary N) is 1. The van der Waals surface area contributed by atoms with Gasteiger partial charge in [-0.1, -0.05) is 12.8 Å². The highest BCUT2D eigenvalue weighted by atomic mass is 32.2. The van der Waals surface area contributed by atoms with Crippen molar-refractivity contribution in [1.82, 2.24) is 4.72 Å². The lowest BCUT2D eigenvalue weighted by Crippen LogP contribution is -2.39. The molecule has 1 aliphatic rings. The lowest BCUT2D eigenvalue weighted by atomic mass is 10.0. The molecule has 0 aliphatic heterocycles. The Morgan fingerprint density at radius 2 is 2.00 bits per heavy atom. The van der Waals surface area contributed by atoms with Crippen LogP contribution in [0, 0.1) is 5.92 Å². The molecule has 1 saturated carbocycles. The van der Waals surface area contributed by atoms with E-state index in [1.54, 1.807) is 0 Å². The van der Waals surface area contributed by atoms with Crippen molar-refractivity contribution in [3.05, 3.63) is 0 Å². The van der Waals surface area contributed by atoms with Gasteiger partial charge in [-0.3, -0.25) is 0 Å². The number of sulfonamides is 1. The van der Waals surface area contributed by atoms with Crippen molar-refractivity contribution in [2.75, 3.05) is 12.3 Å². The zero-order valence-electron chi connectivity index (χ0n) is 8.70. The Bertz CT molecular complexity index is 258. The highest BCUT2D eigenvalue weighted by molar-refractivity contribution is 7.89. The average Bonchev–Trinajstić information content (AvgIpc) is 2.53. The molecule has 0 aromatic rings. The Kier molecular flexibility index (Phi) is 4.34. The topological polar surface area (TPSA) is 72.2 Å². The maximum atomic E-state index is 11.4. The summed E-state index contributed by atoms with van der Waals surface area (Å²) in [4.78, 5) is 0. The van der Waals surface area contributed by atoms with Gasteiger partial charge in [0.25, 0.3) is 0 Å².